The van der Waals surface area contributed by atoms with Crippen LogP contribution in [0.3, 0.4) is 0 Å². The Kier molecular flexibility index (Phi) is 5.65. The van der Waals surface area contributed by atoms with Crippen molar-refractivity contribution in [1.29, 1.82) is 0 Å². The van der Waals surface area contributed by atoms with Crippen molar-refractivity contribution in [2.24, 2.45) is 0 Å². The number of benzene rings is 1. The summed E-state index contributed by atoms with van der Waals surface area (Å²) in [5, 5.41) is 11.1. The van der Waals surface area contributed by atoms with E-state index in [1.54, 1.807) is 0 Å². The number of carboxylic acids is 1. The van der Waals surface area contributed by atoms with Crippen LogP contribution in [0.2, 0.25) is 0 Å². The number of ether oxygens (including phenoxy) is 1. The molecule has 0 aliphatic carbocycles. The molecule has 7 nitrogen and oxygen atoms in total. The summed E-state index contributed by atoms with van der Waals surface area (Å²) in [4.78, 5) is 34.0. The minimum atomic E-state index is -4.53. The van der Waals surface area contributed by atoms with E-state index >= 15 is 0 Å². The first-order chi connectivity index (χ1) is 12.1. The fourth-order valence-electron chi connectivity index (χ4n) is 1.98. The van der Waals surface area contributed by atoms with Crippen LogP contribution in [0.5, 0.6) is 5.75 Å². The first-order valence-corrected chi connectivity index (χ1v) is 7.17. The van der Waals surface area contributed by atoms with Gasteiger partial charge in [0.05, 0.1) is 11.3 Å². The molecule has 1 heterocycles. The van der Waals surface area contributed by atoms with Gasteiger partial charge in [0, 0.05) is 12.3 Å². The van der Waals surface area contributed by atoms with Crippen LogP contribution in [-0.4, -0.2) is 28.2 Å². The molecule has 2 aromatic rings. The fourth-order valence-corrected chi connectivity index (χ4v) is 1.98. The van der Waals surface area contributed by atoms with Crippen LogP contribution in [0, 0.1) is 0 Å². The zero-order chi connectivity index (χ0) is 19.3. The maximum absolute atomic E-state index is 12.6. The SMILES string of the molecule is O=C(O)Cn1cc(NC(=O)COc2cccc(C(F)(F)F)c2)ccc1=O. The second-order valence-corrected chi connectivity index (χ2v) is 5.14. The predicted octanol–water partition coefficient (Wildman–Crippen LogP) is 1.97. The summed E-state index contributed by atoms with van der Waals surface area (Å²) in [6.45, 7) is -1.15. The third kappa shape index (κ3) is 5.36. The number of halogens is 3. The van der Waals surface area contributed by atoms with E-state index in [1.807, 2.05) is 0 Å². The van der Waals surface area contributed by atoms with Crippen molar-refractivity contribution in [3.8, 4) is 5.75 Å². The van der Waals surface area contributed by atoms with Gasteiger partial charge < -0.3 is 19.7 Å². The Morgan fingerprint density at radius 1 is 1.19 bits per heavy atom. The first kappa shape index (κ1) is 19.0. The van der Waals surface area contributed by atoms with Crippen molar-refractivity contribution >= 4 is 17.6 Å². The number of hydrogen-bond acceptors (Lipinski definition) is 4. The normalized spacial score (nSPS) is 11.0. The van der Waals surface area contributed by atoms with Gasteiger partial charge in [-0.15, -0.1) is 0 Å². The van der Waals surface area contributed by atoms with Gasteiger partial charge in [0.2, 0.25) is 0 Å². The lowest BCUT2D eigenvalue weighted by Gasteiger charge is -2.11. The number of anilines is 1. The van der Waals surface area contributed by atoms with E-state index in [4.69, 9.17) is 9.84 Å². The Morgan fingerprint density at radius 2 is 1.92 bits per heavy atom. The maximum Gasteiger partial charge on any atom is 0.416 e. The van der Waals surface area contributed by atoms with Gasteiger partial charge in [0.25, 0.3) is 11.5 Å². The van der Waals surface area contributed by atoms with E-state index in [0.29, 0.717) is 0 Å². The van der Waals surface area contributed by atoms with E-state index < -0.39 is 42.3 Å². The molecule has 0 aliphatic rings. The number of hydrogen-bond donors (Lipinski definition) is 2. The summed E-state index contributed by atoms with van der Waals surface area (Å²) in [7, 11) is 0. The minimum absolute atomic E-state index is 0.133. The van der Waals surface area contributed by atoms with E-state index in [-0.39, 0.29) is 11.4 Å². The third-order valence-electron chi connectivity index (χ3n) is 3.10. The molecule has 1 aromatic heterocycles. The summed E-state index contributed by atoms with van der Waals surface area (Å²) in [6, 6.07) is 6.40. The zero-order valence-corrected chi connectivity index (χ0v) is 13.1. The highest BCUT2D eigenvalue weighted by Crippen LogP contribution is 2.31. The molecule has 0 saturated heterocycles. The third-order valence-corrected chi connectivity index (χ3v) is 3.10. The highest BCUT2D eigenvalue weighted by molar-refractivity contribution is 5.91. The molecule has 138 valence electrons. The van der Waals surface area contributed by atoms with Crippen molar-refractivity contribution in [3.63, 3.8) is 0 Å². The van der Waals surface area contributed by atoms with Gasteiger partial charge in [0.15, 0.2) is 6.61 Å². The monoisotopic (exact) mass is 370 g/mol. The molecule has 0 unspecified atom stereocenters. The molecule has 0 spiro atoms. The van der Waals surface area contributed by atoms with Crippen molar-refractivity contribution < 1.29 is 32.6 Å². The molecule has 0 fully saturated rings. The number of nitrogens with zero attached hydrogens (tertiary/aromatic N) is 1. The van der Waals surface area contributed by atoms with E-state index in [0.717, 1.165) is 35.0 Å². The number of nitrogens with one attached hydrogen (secondary N) is 1. The van der Waals surface area contributed by atoms with Gasteiger partial charge in [-0.05, 0) is 24.3 Å². The van der Waals surface area contributed by atoms with Crippen LogP contribution in [0.1, 0.15) is 5.56 Å². The summed E-state index contributed by atoms with van der Waals surface area (Å²) in [6.07, 6.45) is -3.39. The minimum Gasteiger partial charge on any atom is -0.484 e. The van der Waals surface area contributed by atoms with Crippen LogP contribution < -0.4 is 15.6 Å². The fraction of sp³-hybridized carbons (Fsp3) is 0.188. The molecule has 2 N–H and O–H groups in total. The van der Waals surface area contributed by atoms with Gasteiger partial charge in [0.1, 0.15) is 12.3 Å². The standard InChI is InChI=1S/C16H13F3N2O5/c17-16(18,19)10-2-1-3-12(6-10)26-9-13(22)20-11-4-5-14(23)21(7-11)8-15(24)25/h1-7H,8-9H2,(H,20,22)(H,24,25). The maximum atomic E-state index is 12.6. The number of rotatable bonds is 6. The second-order valence-electron chi connectivity index (χ2n) is 5.14. The number of aromatic nitrogens is 1. The van der Waals surface area contributed by atoms with Gasteiger partial charge in [-0.25, -0.2) is 0 Å². The predicted molar refractivity (Wildman–Crippen MR) is 83.9 cm³/mol. The molecule has 0 radical (unpaired) electrons. The van der Waals surface area contributed by atoms with E-state index in [2.05, 4.69) is 5.32 Å². The smallest absolute Gasteiger partial charge is 0.416 e. The highest BCUT2D eigenvalue weighted by Gasteiger charge is 2.30. The lowest BCUT2D eigenvalue weighted by Crippen LogP contribution is -2.25. The Balaban J connectivity index is 1.99. The molecule has 0 atom stereocenters. The van der Waals surface area contributed by atoms with Crippen LogP contribution in [0.15, 0.2) is 47.4 Å². The van der Waals surface area contributed by atoms with Crippen molar-refractivity contribution in [3.05, 3.63) is 58.5 Å². The summed E-state index contributed by atoms with van der Waals surface area (Å²) < 4.78 is 43.7. The summed E-state index contributed by atoms with van der Waals surface area (Å²) >= 11 is 0. The number of amides is 1. The Morgan fingerprint density at radius 3 is 2.58 bits per heavy atom. The molecular formula is C16H13F3N2O5. The number of alkyl halides is 3. The number of aliphatic carboxylic acids is 1. The van der Waals surface area contributed by atoms with E-state index in [1.165, 1.54) is 12.1 Å². The molecule has 10 heteroatoms. The summed E-state index contributed by atoms with van der Waals surface area (Å²) in [5.74, 6) is -2.06. The van der Waals surface area contributed by atoms with Gasteiger partial charge >= 0.3 is 12.1 Å². The van der Waals surface area contributed by atoms with Crippen molar-refractivity contribution in [2.45, 2.75) is 12.7 Å². The largest absolute Gasteiger partial charge is 0.484 e. The molecular weight excluding hydrogens is 357 g/mol. The van der Waals surface area contributed by atoms with Crippen LogP contribution in [0.4, 0.5) is 18.9 Å². The molecule has 0 aliphatic heterocycles. The quantitative estimate of drug-likeness (QED) is 0.810. The molecule has 26 heavy (non-hydrogen) atoms. The molecule has 0 saturated carbocycles. The second kappa shape index (κ2) is 7.72. The molecule has 0 bridgehead atoms. The Hall–Kier alpha value is -3.30. The number of carboxylic acid groups (broad SMARTS) is 1. The topological polar surface area (TPSA) is 97.6 Å². The lowest BCUT2D eigenvalue weighted by atomic mass is 10.2. The summed E-state index contributed by atoms with van der Waals surface area (Å²) in [5.41, 5.74) is -1.33. The van der Waals surface area contributed by atoms with Crippen molar-refractivity contribution in [1.82, 2.24) is 4.57 Å². The molecule has 1 amide bonds. The highest BCUT2D eigenvalue weighted by atomic mass is 19.4. The zero-order valence-electron chi connectivity index (χ0n) is 13.1. The average molecular weight is 370 g/mol. The Bertz CT molecular complexity index is 877. The van der Waals surface area contributed by atoms with Crippen LogP contribution in [-0.2, 0) is 22.3 Å². The van der Waals surface area contributed by atoms with Gasteiger partial charge in [-0.2, -0.15) is 13.2 Å². The van der Waals surface area contributed by atoms with Gasteiger partial charge in [-0.1, -0.05) is 6.07 Å². The van der Waals surface area contributed by atoms with E-state index in [9.17, 15) is 27.6 Å². The number of pyridine rings is 1. The average Bonchev–Trinajstić information content (AvgIpc) is 2.55. The van der Waals surface area contributed by atoms with Crippen LogP contribution in [0.25, 0.3) is 0 Å². The molecule has 1 aromatic carbocycles. The first-order valence-electron chi connectivity index (χ1n) is 7.17. The van der Waals surface area contributed by atoms with Crippen LogP contribution >= 0.6 is 0 Å². The lowest BCUT2D eigenvalue weighted by molar-refractivity contribution is -0.138. The van der Waals surface area contributed by atoms with Gasteiger partial charge in [-0.3, -0.25) is 14.4 Å². The number of carbonyl (C=O) groups is 2. The Labute approximate surface area is 144 Å². The molecule has 2 rings (SSSR count). The number of carbonyl (C=O) groups excluding carboxylic acids is 1. The van der Waals surface area contributed by atoms with Crippen molar-refractivity contribution in [2.75, 3.05) is 11.9 Å².